The second kappa shape index (κ2) is 4.61. The van der Waals surface area contributed by atoms with Gasteiger partial charge in [0.1, 0.15) is 0 Å². The van der Waals surface area contributed by atoms with Gasteiger partial charge in [-0.25, -0.2) is 0 Å². The predicted molar refractivity (Wildman–Crippen MR) is 53.2 cm³/mol. The standard InChI is InChI=1S/C10H20N2O/c1-7(11)5-8(2)12-10(13)6-9-3-4-9/h7-9H,3-6,11H2,1-2H3,(H,12,13). The summed E-state index contributed by atoms with van der Waals surface area (Å²) in [5.74, 6) is 0.859. The molecule has 1 aliphatic rings. The van der Waals surface area contributed by atoms with Gasteiger partial charge in [0.2, 0.25) is 5.91 Å². The van der Waals surface area contributed by atoms with Crippen molar-refractivity contribution in [3.05, 3.63) is 0 Å². The Morgan fingerprint density at radius 1 is 1.54 bits per heavy atom. The van der Waals surface area contributed by atoms with Crippen molar-refractivity contribution < 1.29 is 4.79 Å². The van der Waals surface area contributed by atoms with E-state index in [1.165, 1.54) is 12.8 Å². The van der Waals surface area contributed by atoms with Crippen LogP contribution >= 0.6 is 0 Å². The molecule has 0 aromatic rings. The maximum Gasteiger partial charge on any atom is 0.220 e. The van der Waals surface area contributed by atoms with E-state index >= 15 is 0 Å². The van der Waals surface area contributed by atoms with Crippen LogP contribution in [0.2, 0.25) is 0 Å². The van der Waals surface area contributed by atoms with Gasteiger partial charge in [-0.05, 0) is 39.0 Å². The van der Waals surface area contributed by atoms with Crippen molar-refractivity contribution in [2.75, 3.05) is 0 Å². The maximum atomic E-state index is 11.3. The third-order valence-corrected chi connectivity index (χ3v) is 2.30. The Morgan fingerprint density at radius 3 is 2.62 bits per heavy atom. The molecule has 1 aliphatic carbocycles. The number of carbonyl (C=O) groups excluding carboxylic acids is 1. The first-order valence-corrected chi connectivity index (χ1v) is 5.13. The fraction of sp³-hybridized carbons (Fsp3) is 0.900. The van der Waals surface area contributed by atoms with Crippen LogP contribution in [0.5, 0.6) is 0 Å². The number of hydrogen-bond acceptors (Lipinski definition) is 2. The van der Waals surface area contributed by atoms with Crippen molar-refractivity contribution in [1.29, 1.82) is 0 Å². The molecule has 1 rings (SSSR count). The van der Waals surface area contributed by atoms with E-state index in [2.05, 4.69) is 5.32 Å². The van der Waals surface area contributed by atoms with Gasteiger partial charge in [-0.2, -0.15) is 0 Å². The summed E-state index contributed by atoms with van der Waals surface area (Å²) in [4.78, 5) is 11.3. The Labute approximate surface area is 80.1 Å². The summed E-state index contributed by atoms with van der Waals surface area (Å²) in [6.45, 7) is 3.97. The number of carbonyl (C=O) groups is 1. The Balaban J connectivity index is 2.10. The lowest BCUT2D eigenvalue weighted by molar-refractivity contribution is -0.122. The minimum Gasteiger partial charge on any atom is -0.354 e. The highest BCUT2D eigenvalue weighted by molar-refractivity contribution is 5.76. The van der Waals surface area contributed by atoms with Gasteiger partial charge in [0.25, 0.3) is 0 Å². The quantitative estimate of drug-likeness (QED) is 0.670. The van der Waals surface area contributed by atoms with Gasteiger partial charge in [0.05, 0.1) is 0 Å². The number of nitrogens with one attached hydrogen (secondary N) is 1. The monoisotopic (exact) mass is 184 g/mol. The topological polar surface area (TPSA) is 55.1 Å². The molecule has 0 heterocycles. The SMILES string of the molecule is CC(N)CC(C)NC(=O)CC1CC1. The highest BCUT2D eigenvalue weighted by Gasteiger charge is 2.24. The molecule has 0 radical (unpaired) electrons. The number of amides is 1. The van der Waals surface area contributed by atoms with Crippen LogP contribution in [0.25, 0.3) is 0 Å². The Morgan fingerprint density at radius 2 is 2.15 bits per heavy atom. The van der Waals surface area contributed by atoms with Gasteiger partial charge >= 0.3 is 0 Å². The highest BCUT2D eigenvalue weighted by atomic mass is 16.1. The van der Waals surface area contributed by atoms with E-state index in [0.29, 0.717) is 12.3 Å². The van der Waals surface area contributed by atoms with Crippen LogP contribution in [0, 0.1) is 5.92 Å². The van der Waals surface area contributed by atoms with Crippen molar-refractivity contribution in [2.45, 2.75) is 51.6 Å². The van der Waals surface area contributed by atoms with Gasteiger partial charge in [-0.3, -0.25) is 4.79 Å². The summed E-state index contributed by atoms with van der Waals surface area (Å²) in [6.07, 6.45) is 4.03. The molecule has 0 aliphatic heterocycles. The molecule has 3 heteroatoms. The van der Waals surface area contributed by atoms with Gasteiger partial charge in [0.15, 0.2) is 0 Å². The number of rotatable bonds is 5. The summed E-state index contributed by atoms with van der Waals surface area (Å²) < 4.78 is 0. The zero-order chi connectivity index (χ0) is 9.84. The van der Waals surface area contributed by atoms with Gasteiger partial charge in [-0.1, -0.05) is 0 Å². The second-order valence-electron chi connectivity index (χ2n) is 4.33. The summed E-state index contributed by atoms with van der Waals surface area (Å²) in [6, 6.07) is 0.377. The normalized spacial score (nSPS) is 20.8. The minimum atomic E-state index is 0.163. The van der Waals surface area contributed by atoms with Crippen molar-refractivity contribution in [1.82, 2.24) is 5.32 Å². The van der Waals surface area contributed by atoms with E-state index in [9.17, 15) is 4.79 Å². The molecule has 3 nitrogen and oxygen atoms in total. The molecular formula is C10H20N2O. The molecule has 2 atom stereocenters. The Kier molecular flexibility index (Phi) is 3.72. The van der Waals surface area contributed by atoms with E-state index in [1.807, 2.05) is 13.8 Å². The van der Waals surface area contributed by atoms with E-state index in [-0.39, 0.29) is 18.0 Å². The van der Waals surface area contributed by atoms with Gasteiger partial charge in [0, 0.05) is 18.5 Å². The van der Waals surface area contributed by atoms with Crippen LogP contribution in [0.3, 0.4) is 0 Å². The summed E-state index contributed by atoms with van der Waals surface area (Å²) >= 11 is 0. The van der Waals surface area contributed by atoms with E-state index in [1.54, 1.807) is 0 Å². The lowest BCUT2D eigenvalue weighted by Crippen LogP contribution is -2.36. The number of nitrogens with two attached hydrogens (primary N) is 1. The zero-order valence-electron chi connectivity index (χ0n) is 8.55. The van der Waals surface area contributed by atoms with Crippen molar-refractivity contribution in [2.24, 2.45) is 11.7 Å². The number of hydrogen-bond donors (Lipinski definition) is 2. The van der Waals surface area contributed by atoms with E-state index < -0.39 is 0 Å². The molecule has 0 aromatic heterocycles. The fourth-order valence-corrected chi connectivity index (χ4v) is 1.53. The Hall–Kier alpha value is -0.570. The molecule has 0 bridgehead atoms. The van der Waals surface area contributed by atoms with Gasteiger partial charge < -0.3 is 11.1 Å². The first kappa shape index (κ1) is 10.5. The third kappa shape index (κ3) is 4.88. The largest absolute Gasteiger partial charge is 0.354 e. The Bertz CT molecular complexity index is 176. The average molecular weight is 184 g/mol. The van der Waals surface area contributed by atoms with Crippen LogP contribution in [-0.2, 0) is 4.79 Å². The predicted octanol–water partition coefficient (Wildman–Crippen LogP) is 1.03. The lowest BCUT2D eigenvalue weighted by atomic mass is 10.1. The van der Waals surface area contributed by atoms with Crippen LogP contribution in [0.1, 0.15) is 39.5 Å². The molecule has 3 N–H and O–H groups in total. The molecule has 0 saturated heterocycles. The maximum absolute atomic E-state index is 11.3. The summed E-state index contributed by atoms with van der Waals surface area (Å²) in [5, 5.41) is 2.96. The average Bonchev–Trinajstić information content (AvgIpc) is 2.67. The summed E-state index contributed by atoms with van der Waals surface area (Å²) in [5.41, 5.74) is 5.63. The van der Waals surface area contributed by atoms with Crippen LogP contribution < -0.4 is 11.1 Å². The smallest absolute Gasteiger partial charge is 0.220 e. The molecule has 1 fully saturated rings. The lowest BCUT2D eigenvalue weighted by Gasteiger charge is -2.15. The third-order valence-electron chi connectivity index (χ3n) is 2.30. The van der Waals surface area contributed by atoms with Crippen LogP contribution in [-0.4, -0.2) is 18.0 Å². The van der Waals surface area contributed by atoms with Gasteiger partial charge in [-0.15, -0.1) is 0 Å². The van der Waals surface area contributed by atoms with Crippen LogP contribution in [0.15, 0.2) is 0 Å². The highest BCUT2D eigenvalue weighted by Crippen LogP contribution is 2.32. The van der Waals surface area contributed by atoms with Crippen molar-refractivity contribution in [3.63, 3.8) is 0 Å². The summed E-state index contributed by atoms with van der Waals surface area (Å²) in [7, 11) is 0. The molecule has 1 amide bonds. The second-order valence-corrected chi connectivity index (χ2v) is 4.33. The first-order chi connectivity index (χ1) is 6.08. The molecule has 76 valence electrons. The molecule has 0 spiro atoms. The molecule has 13 heavy (non-hydrogen) atoms. The minimum absolute atomic E-state index is 0.163. The zero-order valence-corrected chi connectivity index (χ0v) is 8.55. The molecule has 1 saturated carbocycles. The molecule has 0 aromatic carbocycles. The van der Waals surface area contributed by atoms with E-state index in [0.717, 1.165) is 6.42 Å². The fourth-order valence-electron chi connectivity index (χ4n) is 1.53. The first-order valence-electron chi connectivity index (χ1n) is 5.13. The molecule has 2 unspecified atom stereocenters. The molecular weight excluding hydrogens is 164 g/mol. The van der Waals surface area contributed by atoms with Crippen molar-refractivity contribution in [3.8, 4) is 0 Å². The van der Waals surface area contributed by atoms with Crippen molar-refractivity contribution >= 4 is 5.91 Å². The van der Waals surface area contributed by atoms with E-state index in [4.69, 9.17) is 5.73 Å². The van der Waals surface area contributed by atoms with Crippen LogP contribution in [0.4, 0.5) is 0 Å².